The Hall–Kier alpha value is -3.70. The first kappa shape index (κ1) is 27.3. The van der Waals surface area contributed by atoms with E-state index in [1.807, 2.05) is 13.8 Å². The van der Waals surface area contributed by atoms with E-state index in [1.54, 1.807) is 27.1 Å². The van der Waals surface area contributed by atoms with Gasteiger partial charge in [0.1, 0.15) is 29.4 Å². The highest BCUT2D eigenvalue weighted by Gasteiger charge is 2.64. The van der Waals surface area contributed by atoms with Gasteiger partial charge >= 0.3 is 0 Å². The number of likely N-dealkylation sites (N-methyl/N-ethyl adjacent to an activating group) is 1. The molecule has 1 unspecified atom stereocenters. The number of ketones is 2. The molecule has 0 bridgehead atoms. The second-order valence-corrected chi connectivity index (χ2v) is 10.8. The lowest BCUT2D eigenvalue weighted by atomic mass is 9.57. The summed E-state index contributed by atoms with van der Waals surface area (Å²) in [6.45, 7) is 6.09. The molecule has 1 amide bonds. The third-order valence-corrected chi connectivity index (χ3v) is 7.60. The normalized spacial score (nSPS) is 27.5. The molecule has 1 aromatic rings. The number of primary amides is 1. The highest BCUT2D eigenvalue weighted by atomic mass is 16.6. The molecule has 11 nitrogen and oxygen atoms in total. The lowest BCUT2D eigenvalue weighted by Gasteiger charge is -2.50. The van der Waals surface area contributed by atoms with Gasteiger partial charge in [0.2, 0.25) is 5.78 Å². The number of nitrogens with two attached hydrogens (primary N) is 1. The number of oxime groups is 1. The molecule has 204 valence electrons. The monoisotopic (exact) mass is 527 g/mol. The van der Waals surface area contributed by atoms with E-state index >= 15 is 0 Å². The topological polar surface area (TPSA) is 183 Å². The van der Waals surface area contributed by atoms with Gasteiger partial charge in [-0.15, -0.1) is 0 Å². The number of Topliss-reactive ketones (excluding diaryl/α,β-unsaturated/α-hetero) is 2. The predicted molar refractivity (Wildman–Crippen MR) is 137 cm³/mol. The van der Waals surface area contributed by atoms with Crippen LogP contribution >= 0.6 is 0 Å². The quantitative estimate of drug-likeness (QED) is 0.207. The predicted octanol–water partition coefficient (Wildman–Crippen LogP) is 1.36. The third-order valence-electron chi connectivity index (χ3n) is 7.60. The van der Waals surface area contributed by atoms with Crippen molar-refractivity contribution in [2.75, 3.05) is 20.7 Å². The minimum Gasteiger partial charge on any atom is -0.508 e. The zero-order chi connectivity index (χ0) is 28.3. The van der Waals surface area contributed by atoms with Crippen LogP contribution in [-0.4, -0.2) is 80.9 Å². The summed E-state index contributed by atoms with van der Waals surface area (Å²) < 4.78 is 0. The maximum Gasteiger partial charge on any atom is 0.255 e. The van der Waals surface area contributed by atoms with Gasteiger partial charge in [-0.2, -0.15) is 0 Å². The number of benzene rings is 1. The SMILES string of the molecule is C/C(=N/OCC(C)C)c1ccc(O)c2c1C[C@@H]1C[C@@H]3C(N(C)C)C(=O)C(C(N)=O)=C(O)[C@]3(O)C(=O)C1=C2O. The van der Waals surface area contributed by atoms with Crippen LogP contribution in [0.2, 0.25) is 0 Å². The van der Waals surface area contributed by atoms with Crippen molar-refractivity contribution in [1.29, 1.82) is 0 Å². The highest BCUT2D eigenvalue weighted by Crippen LogP contribution is 2.52. The molecule has 1 saturated carbocycles. The van der Waals surface area contributed by atoms with Crippen molar-refractivity contribution in [2.45, 2.75) is 45.3 Å². The first-order valence-corrected chi connectivity index (χ1v) is 12.4. The Morgan fingerprint density at radius 2 is 1.89 bits per heavy atom. The molecule has 11 heteroatoms. The fourth-order valence-corrected chi connectivity index (χ4v) is 5.92. The Kier molecular flexibility index (Phi) is 6.87. The Morgan fingerprint density at radius 1 is 1.24 bits per heavy atom. The summed E-state index contributed by atoms with van der Waals surface area (Å²) in [5.41, 5.74) is 3.28. The molecule has 0 aliphatic heterocycles. The Balaban J connectivity index is 1.90. The van der Waals surface area contributed by atoms with Gasteiger partial charge < -0.3 is 31.0 Å². The zero-order valence-electron chi connectivity index (χ0n) is 22.0. The Bertz CT molecular complexity index is 1330. The van der Waals surface area contributed by atoms with Crippen LogP contribution in [0.15, 0.2) is 34.2 Å². The van der Waals surface area contributed by atoms with Crippen molar-refractivity contribution >= 4 is 28.9 Å². The minimum atomic E-state index is -2.67. The summed E-state index contributed by atoms with van der Waals surface area (Å²) in [6, 6.07) is 1.87. The maximum absolute atomic E-state index is 13.9. The molecule has 0 heterocycles. The molecule has 3 aliphatic rings. The van der Waals surface area contributed by atoms with Crippen LogP contribution < -0.4 is 5.73 Å². The second kappa shape index (κ2) is 9.55. The molecule has 0 radical (unpaired) electrons. The van der Waals surface area contributed by atoms with Crippen LogP contribution in [0.5, 0.6) is 5.75 Å². The van der Waals surface area contributed by atoms with Crippen LogP contribution in [0.1, 0.15) is 43.9 Å². The van der Waals surface area contributed by atoms with Crippen molar-refractivity contribution in [1.82, 2.24) is 4.90 Å². The minimum absolute atomic E-state index is 0.0113. The number of nitrogens with zero attached hydrogens (tertiary/aromatic N) is 2. The lowest BCUT2D eigenvalue weighted by molar-refractivity contribution is -0.153. The zero-order valence-corrected chi connectivity index (χ0v) is 22.0. The number of carbonyl (C=O) groups excluding carboxylic acids is 3. The third kappa shape index (κ3) is 3.97. The number of hydrogen-bond donors (Lipinski definition) is 5. The number of aromatic hydroxyl groups is 1. The fourth-order valence-electron chi connectivity index (χ4n) is 5.92. The van der Waals surface area contributed by atoms with E-state index in [9.17, 15) is 34.8 Å². The summed E-state index contributed by atoms with van der Waals surface area (Å²) in [7, 11) is 3.11. The van der Waals surface area contributed by atoms with Crippen LogP contribution in [0, 0.1) is 17.8 Å². The van der Waals surface area contributed by atoms with E-state index in [0.717, 1.165) is 0 Å². The van der Waals surface area contributed by atoms with Crippen molar-refractivity contribution in [3.05, 3.63) is 45.7 Å². The van der Waals surface area contributed by atoms with Gasteiger partial charge in [0, 0.05) is 17.1 Å². The second-order valence-electron chi connectivity index (χ2n) is 10.8. The standard InChI is InChI=1S/C27H33N3O8/c1-11(2)10-38-29-12(3)14-6-7-17(31)19-15(14)8-13-9-16-21(30(4)5)23(33)20(26(28)36)25(35)27(16,37)24(34)18(13)22(19)32/h6-7,11,13,16,21,31-32,35,37H,8-10H2,1-5H3,(H2,28,36)/b29-12-/t13-,16-,21?,27-/m1/s1. The molecule has 6 N–H and O–H groups in total. The number of carbonyl (C=O) groups is 3. The molecular weight excluding hydrogens is 494 g/mol. The average molecular weight is 528 g/mol. The van der Waals surface area contributed by atoms with Crippen LogP contribution in [-0.2, 0) is 25.6 Å². The fraction of sp³-hybridized carbons (Fsp3) is 0.481. The van der Waals surface area contributed by atoms with Crippen molar-refractivity contribution in [2.24, 2.45) is 28.6 Å². The summed E-state index contributed by atoms with van der Waals surface area (Å²) in [6.07, 6.45) is 0.191. The van der Waals surface area contributed by atoms with Gasteiger partial charge in [0.25, 0.3) is 5.91 Å². The van der Waals surface area contributed by atoms with Crippen LogP contribution in [0.25, 0.3) is 5.76 Å². The maximum atomic E-state index is 13.9. The first-order valence-electron chi connectivity index (χ1n) is 12.4. The van der Waals surface area contributed by atoms with E-state index in [1.165, 1.54) is 11.0 Å². The van der Waals surface area contributed by atoms with E-state index in [2.05, 4.69) is 5.16 Å². The van der Waals surface area contributed by atoms with E-state index in [4.69, 9.17) is 10.6 Å². The molecule has 0 saturated heterocycles. The number of aliphatic hydroxyl groups is 3. The average Bonchev–Trinajstić information content (AvgIpc) is 2.80. The van der Waals surface area contributed by atoms with Crippen LogP contribution in [0.3, 0.4) is 0 Å². The summed E-state index contributed by atoms with van der Waals surface area (Å²) >= 11 is 0. The largest absolute Gasteiger partial charge is 0.508 e. The van der Waals surface area contributed by atoms with Crippen molar-refractivity contribution in [3.8, 4) is 5.75 Å². The molecule has 1 aromatic carbocycles. The van der Waals surface area contributed by atoms with Gasteiger partial charge in [-0.25, -0.2) is 0 Å². The molecule has 0 aromatic heterocycles. The molecule has 0 spiro atoms. The number of amides is 1. The van der Waals surface area contributed by atoms with Crippen molar-refractivity contribution in [3.63, 3.8) is 0 Å². The first-order chi connectivity index (χ1) is 17.7. The van der Waals surface area contributed by atoms with Crippen LogP contribution in [0.4, 0.5) is 0 Å². The van der Waals surface area contributed by atoms with E-state index in [-0.39, 0.29) is 35.6 Å². The number of aliphatic hydroxyl groups excluding tert-OH is 2. The summed E-state index contributed by atoms with van der Waals surface area (Å²) in [4.78, 5) is 46.0. The molecule has 4 atom stereocenters. The van der Waals surface area contributed by atoms with Gasteiger partial charge in [0.15, 0.2) is 11.4 Å². The molecule has 4 rings (SSSR count). The van der Waals surface area contributed by atoms with Gasteiger partial charge in [-0.3, -0.25) is 19.3 Å². The number of phenols is 1. The van der Waals surface area contributed by atoms with Gasteiger partial charge in [0.05, 0.1) is 17.3 Å². The smallest absolute Gasteiger partial charge is 0.255 e. The number of rotatable bonds is 6. The van der Waals surface area contributed by atoms with E-state index < -0.39 is 58.0 Å². The Morgan fingerprint density at radius 3 is 2.47 bits per heavy atom. The molecule has 1 fully saturated rings. The highest BCUT2D eigenvalue weighted by molar-refractivity contribution is 6.24. The van der Waals surface area contributed by atoms with Gasteiger partial charge in [-0.05, 0) is 63.4 Å². The lowest BCUT2D eigenvalue weighted by Crippen LogP contribution is -2.65. The number of fused-ring (bicyclic) bond motifs is 3. The van der Waals surface area contributed by atoms with Crippen molar-refractivity contribution < 1.29 is 39.6 Å². The van der Waals surface area contributed by atoms with Gasteiger partial charge in [-0.1, -0.05) is 19.0 Å². The molecule has 3 aliphatic carbocycles. The number of hydrogen-bond acceptors (Lipinski definition) is 10. The number of phenolic OH excluding ortho intramolecular Hbond substituents is 1. The molecular formula is C27H33N3O8. The Labute approximate surface area is 219 Å². The summed E-state index contributed by atoms with van der Waals surface area (Å²) in [5.74, 6) is -6.60. The summed E-state index contributed by atoms with van der Waals surface area (Å²) in [5, 5.41) is 48.7. The van der Waals surface area contributed by atoms with E-state index in [0.29, 0.717) is 23.4 Å². The molecule has 38 heavy (non-hydrogen) atoms.